The average molecular weight is 369 g/mol. The average Bonchev–Trinajstić information content (AvgIpc) is 3.30. The van der Waals surface area contributed by atoms with Crippen LogP contribution in [0.5, 0.6) is 0 Å². The van der Waals surface area contributed by atoms with E-state index in [1.807, 2.05) is 29.6 Å². The molecule has 126 valence electrons. The fourth-order valence-corrected chi connectivity index (χ4v) is 4.04. The van der Waals surface area contributed by atoms with Crippen LogP contribution in [0.3, 0.4) is 0 Å². The van der Waals surface area contributed by atoms with Crippen molar-refractivity contribution in [3.63, 3.8) is 0 Å². The number of nitrogens with zero attached hydrogens (tertiary/aromatic N) is 2. The molecule has 5 nitrogen and oxygen atoms in total. The zero-order chi connectivity index (χ0) is 17.2. The molecule has 0 spiro atoms. The van der Waals surface area contributed by atoms with Gasteiger partial charge >= 0.3 is 5.63 Å². The summed E-state index contributed by atoms with van der Waals surface area (Å²) >= 11 is 3.11. The van der Waals surface area contributed by atoms with Crippen molar-refractivity contribution in [3.8, 4) is 10.7 Å². The maximum Gasteiger partial charge on any atom is 0.336 e. The molecule has 0 fully saturated rings. The van der Waals surface area contributed by atoms with Gasteiger partial charge in [0.2, 0.25) is 5.16 Å². The van der Waals surface area contributed by atoms with Crippen LogP contribution in [0.2, 0.25) is 0 Å². The fourth-order valence-electron chi connectivity index (χ4n) is 2.59. The lowest BCUT2D eigenvalue weighted by Gasteiger charge is -2.05. The van der Waals surface area contributed by atoms with Gasteiger partial charge in [0.25, 0.3) is 0 Å². The highest BCUT2D eigenvalue weighted by molar-refractivity contribution is 7.98. The minimum Gasteiger partial charge on any atom is -0.423 e. The molecule has 4 aromatic rings. The van der Waals surface area contributed by atoms with Crippen LogP contribution in [-0.4, -0.2) is 15.2 Å². The van der Waals surface area contributed by atoms with Crippen LogP contribution in [0.1, 0.15) is 18.1 Å². The quantitative estimate of drug-likeness (QED) is 0.414. The number of thioether (sulfide) groups is 1. The maximum absolute atomic E-state index is 11.9. The molecule has 7 heteroatoms. The Hall–Kier alpha value is -2.38. The Bertz CT molecular complexity index is 1070. The highest BCUT2D eigenvalue weighted by Crippen LogP contribution is 2.27. The Morgan fingerprint density at radius 1 is 1.28 bits per heavy atom. The summed E-state index contributed by atoms with van der Waals surface area (Å²) in [5.41, 5.74) is 2.39. The van der Waals surface area contributed by atoms with Gasteiger partial charge in [-0.05, 0) is 35.1 Å². The Morgan fingerprint density at radius 3 is 3.00 bits per heavy atom. The van der Waals surface area contributed by atoms with Gasteiger partial charge in [-0.1, -0.05) is 36.9 Å². The van der Waals surface area contributed by atoms with E-state index in [9.17, 15) is 4.79 Å². The Balaban J connectivity index is 1.59. The first-order chi connectivity index (χ1) is 12.2. The number of hydrogen-bond donors (Lipinski definition) is 1. The third kappa shape index (κ3) is 3.38. The standard InChI is InChI=1S/C18H15N3O2S2/c1-2-11-5-6-13-12(9-16(22)23-14(13)8-11)10-25-18-19-17(20-21-18)15-4-3-7-24-15/h3-9H,2,10H2,1H3,(H,19,20,21). The van der Waals surface area contributed by atoms with Crippen molar-refractivity contribution in [2.75, 3.05) is 0 Å². The monoisotopic (exact) mass is 369 g/mol. The number of nitrogens with one attached hydrogen (secondary N) is 1. The highest BCUT2D eigenvalue weighted by atomic mass is 32.2. The minimum absolute atomic E-state index is 0.328. The van der Waals surface area contributed by atoms with Crippen molar-refractivity contribution < 1.29 is 4.42 Å². The molecule has 0 aliphatic heterocycles. The van der Waals surface area contributed by atoms with Gasteiger partial charge in [0.15, 0.2) is 5.82 Å². The van der Waals surface area contributed by atoms with Crippen molar-refractivity contribution in [1.29, 1.82) is 0 Å². The van der Waals surface area contributed by atoms with Crippen molar-refractivity contribution in [2.24, 2.45) is 0 Å². The molecule has 1 N–H and O–H groups in total. The molecule has 0 atom stereocenters. The second kappa shape index (κ2) is 6.85. The third-order valence-electron chi connectivity index (χ3n) is 3.88. The number of H-pyrrole nitrogens is 1. The molecule has 1 aromatic carbocycles. The van der Waals surface area contributed by atoms with Crippen LogP contribution in [0, 0.1) is 0 Å². The van der Waals surface area contributed by atoms with Crippen LogP contribution in [0.4, 0.5) is 0 Å². The van der Waals surface area contributed by atoms with E-state index in [1.54, 1.807) is 17.4 Å². The first-order valence-electron chi connectivity index (χ1n) is 7.87. The largest absolute Gasteiger partial charge is 0.423 e. The normalized spacial score (nSPS) is 11.2. The van der Waals surface area contributed by atoms with Crippen molar-refractivity contribution >= 4 is 34.1 Å². The van der Waals surface area contributed by atoms with E-state index >= 15 is 0 Å². The molecule has 25 heavy (non-hydrogen) atoms. The molecule has 0 aliphatic rings. The third-order valence-corrected chi connectivity index (χ3v) is 5.65. The molecule has 0 radical (unpaired) electrons. The summed E-state index contributed by atoms with van der Waals surface area (Å²) in [4.78, 5) is 17.4. The minimum atomic E-state index is -0.328. The smallest absolute Gasteiger partial charge is 0.336 e. The number of aromatic nitrogens is 3. The zero-order valence-electron chi connectivity index (χ0n) is 13.5. The number of fused-ring (bicyclic) bond motifs is 1. The number of thiophene rings is 1. The number of benzene rings is 1. The first-order valence-corrected chi connectivity index (χ1v) is 9.74. The summed E-state index contributed by atoms with van der Waals surface area (Å²) in [6.45, 7) is 2.08. The van der Waals surface area contributed by atoms with E-state index in [4.69, 9.17) is 4.42 Å². The number of hydrogen-bond acceptors (Lipinski definition) is 6. The van der Waals surface area contributed by atoms with Crippen molar-refractivity contribution in [3.05, 3.63) is 63.3 Å². The number of rotatable bonds is 5. The van der Waals surface area contributed by atoms with Gasteiger partial charge in [-0.25, -0.2) is 9.78 Å². The SMILES string of the molecule is CCc1ccc2c(CSc3n[nH]c(-c4cccs4)n3)cc(=O)oc2c1. The maximum atomic E-state index is 11.9. The number of aromatic amines is 1. The Morgan fingerprint density at radius 2 is 2.20 bits per heavy atom. The van der Waals surface area contributed by atoms with E-state index in [0.717, 1.165) is 33.6 Å². The van der Waals surface area contributed by atoms with Crippen LogP contribution in [-0.2, 0) is 12.2 Å². The fraction of sp³-hybridized carbons (Fsp3) is 0.167. The molecule has 0 saturated carbocycles. The molecule has 0 aliphatic carbocycles. The summed E-state index contributed by atoms with van der Waals surface area (Å²) in [5.74, 6) is 1.37. The van der Waals surface area contributed by atoms with Crippen molar-refractivity contribution in [2.45, 2.75) is 24.3 Å². The number of aryl methyl sites for hydroxylation is 1. The van der Waals surface area contributed by atoms with Gasteiger partial charge in [0.05, 0.1) is 4.88 Å². The van der Waals surface area contributed by atoms with Crippen LogP contribution in [0.15, 0.2) is 56.1 Å². The van der Waals surface area contributed by atoms with Crippen LogP contribution >= 0.6 is 23.1 Å². The predicted molar refractivity (Wildman–Crippen MR) is 101 cm³/mol. The van der Waals surface area contributed by atoms with Gasteiger partial charge in [0, 0.05) is 17.2 Å². The molecule has 4 rings (SSSR count). The molecule has 3 heterocycles. The molecule has 0 saturated heterocycles. The van der Waals surface area contributed by atoms with Gasteiger partial charge in [-0.2, -0.15) is 0 Å². The van der Waals surface area contributed by atoms with Crippen LogP contribution in [0.25, 0.3) is 21.7 Å². The Kier molecular flexibility index (Phi) is 4.42. The molecule has 0 amide bonds. The topological polar surface area (TPSA) is 71.8 Å². The summed E-state index contributed by atoms with van der Waals surface area (Å²) in [5, 5.41) is 10.8. The van der Waals surface area contributed by atoms with Crippen molar-refractivity contribution in [1.82, 2.24) is 15.2 Å². The van der Waals surface area contributed by atoms with Gasteiger partial charge in [-0.15, -0.1) is 16.4 Å². The lowest BCUT2D eigenvalue weighted by molar-refractivity contribution is 0.559. The molecular weight excluding hydrogens is 354 g/mol. The molecule has 0 unspecified atom stereocenters. The summed E-state index contributed by atoms with van der Waals surface area (Å²) in [7, 11) is 0. The predicted octanol–water partition coefficient (Wildman–Crippen LogP) is 4.49. The second-order valence-corrected chi connectivity index (χ2v) is 7.40. The van der Waals surface area contributed by atoms with Gasteiger partial charge < -0.3 is 4.42 Å². The summed E-state index contributed by atoms with van der Waals surface area (Å²) < 4.78 is 5.35. The van der Waals surface area contributed by atoms with E-state index in [-0.39, 0.29) is 5.63 Å². The first kappa shape index (κ1) is 16.1. The van der Waals surface area contributed by atoms with Gasteiger partial charge in [-0.3, -0.25) is 5.10 Å². The van der Waals surface area contributed by atoms with E-state index in [0.29, 0.717) is 16.5 Å². The van der Waals surface area contributed by atoms with E-state index in [2.05, 4.69) is 28.2 Å². The van der Waals surface area contributed by atoms with E-state index < -0.39 is 0 Å². The Labute approximate surface area is 152 Å². The van der Waals surface area contributed by atoms with Crippen LogP contribution < -0.4 is 5.63 Å². The molecular formula is C18H15N3O2S2. The zero-order valence-corrected chi connectivity index (χ0v) is 15.1. The second-order valence-electron chi connectivity index (χ2n) is 5.51. The highest BCUT2D eigenvalue weighted by Gasteiger charge is 2.10. The lowest BCUT2D eigenvalue weighted by atomic mass is 10.1. The summed E-state index contributed by atoms with van der Waals surface area (Å²) in [6, 6.07) is 11.6. The van der Waals surface area contributed by atoms with E-state index in [1.165, 1.54) is 11.8 Å². The lowest BCUT2D eigenvalue weighted by Crippen LogP contribution is -2.00. The molecule has 3 aromatic heterocycles. The summed E-state index contributed by atoms with van der Waals surface area (Å²) in [6.07, 6.45) is 0.904. The molecule has 0 bridgehead atoms. The van der Waals surface area contributed by atoms with Gasteiger partial charge in [0.1, 0.15) is 5.58 Å².